The molecule has 8 heteroatoms. The van der Waals surface area contributed by atoms with Crippen LogP contribution in [0.3, 0.4) is 0 Å². The second-order valence-corrected chi connectivity index (χ2v) is 9.53. The lowest BCUT2D eigenvalue weighted by atomic mass is 9.66. The summed E-state index contributed by atoms with van der Waals surface area (Å²) in [5, 5.41) is 1.35. The lowest BCUT2D eigenvalue weighted by molar-refractivity contribution is 0.0998. The molecule has 2 heterocycles. The van der Waals surface area contributed by atoms with E-state index in [0.29, 0.717) is 10.9 Å². The van der Waals surface area contributed by atoms with E-state index in [1.165, 1.54) is 12.1 Å². The van der Waals surface area contributed by atoms with Gasteiger partial charge in [-0.1, -0.05) is 25.5 Å². The number of carbonyl (C=O) groups is 1. The second-order valence-electron chi connectivity index (χ2n) is 7.60. The van der Waals surface area contributed by atoms with Gasteiger partial charge in [-0.25, -0.2) is 12.8 Å². The van der Waals surface area contributed by atoms with Crippen molar-refractivity contribution >= 4 is 26.6 Å². The molecule has 1 atom stereocenters. The number of sulfone groups is 1. The van der Waals surface area contributed by atoms with Crippen LogP contribution in [0, 0.1) is 5.82 Å². The summed E-state index contributed by atoms with van der Waals surface area (Å²) in [5.41, 5.74) is 4.46. The second kappa shape index (κ2) is 5.76. The van der Waals surface area contributed by atoms with E-state index in [2.05, 4.69) is 0 Å². The topological polar surface area (TPSA) is 99.2 Å². The van der Waals surface area contributed by atoms with Crippen LogP contribution in [-0.4, -0.2) is 24.6 Å². The zero-order valence-electron chi connectivity index (χ0n) is 14.7. The number of amides is 1. The Morgan fingerprint density at radius 3 is 2.56 bits per heavy atom. The van der Waals surface area contributed by atoms with E-state index in [9.17, 15) is 18.0 Å². The van der Waals surface area contributed by atoms with Crippen LogP contribution in [0.5, 0.6) is 0 Å². The Bertz CT molecular complexity index is 1180. The van der Waals surface area contributed by atoms with Gasteiger partial charge in [0.15, 0.2) is 15.7 Å². The van der Waals surface area contributed by atoms with Gasteiger partial charge in [-0.2, -0.15) is 0 Å². The summed E-state index contributed by atoms with van der Waals surface area (Å²) in [5.74, 6) is -1.83. The molecule has 2 N–H and O–H groups in total. The number of nitrogens with zero attached hydrogens (tertiary/aromatic N) is 1. The van der Waals surface area contributed by atoms with Crippen molar-refractivity contribution < 1.29 is 17.6 Å². The number of pyridine rings is 1. The lowest BCUT2D eigenvalue weighted by Crippen LogP contribution is -2.35. The summed E-state index contributed by atoms with van der Waals surface area (Å²) in [4.78, 5) is 24.6. The Hall–Kier alpha value is -2.48. The molecule has 27 heavy (non-hydrogen) atoms. The lowest BCUT2D eigenvalue weighted by Gasteiger charge is -2.39. The first-order chi connectivity index (χ1) is 12.6. The van der Waals surface area contributed by atoms with Crippen LogP contribution in [0.4, 0.5) is 4.39 Å². The minimum atomic E-state index is -3.49. The van der Waals surface area contributed by atoms with E-state index in [1.54, 1.807) is 12.1 Å². The number of fused-ring (bicyclic) bond motifs is 1. The SMILES string of the molecule is CC1(c2ccc3cc(C(N)=O)c(=O)n(C4C=CS(=O)(=O)C4)c3c2F)CCC1. The zero-order valence-corrected chi connectivity index (χ0v) is 15.6. The van der Waals surface area contributed by atoms with Crippen molar-refractivity contribution in [2.24, 2.45) is 5.73 Å². The minimum absolute atomic E-state index is 0.0161. The van der Waals surface area contributed by atoms with Gasteiger partial charge >= 0.3 is 0 Å². The molecule has 1 saturated carbocycles. The van der Waals surface area contributed by atoms with Crippen molar-refractivity contribution in [3.05, 3.63) is 57.0 Å². The maximum absolute atomic E-state index is 15.6. The van der Waals surface area contributed by atoms with Crippen LogP contribution >= 0.6 is 0 Å². The summed E-state index contributed by atoms with van der Waals surface area (Å²) >= 11 is 0. The van der Waals surface area contributed by atoms with Crippen LogP contribution in [0.15, 0.2) is 34.5 Å². The first kappa shape index (κ1) is 17.9. The third-order valence-corrected chi connectivity index (χ3v) is 7.13. The van der Waals surface area contributed by atoms with Crippen LogP contribution < -0.4 is 11.3 Å². The molecule has 6 nitrogen and oxygen atoms in total. The molecule has 2 aliphatic rings. The molecule has 1 unspecified atom stereocenters. The van der Waals surface area contributed by atoms with Crippen LogP contribution in [0.25, 0.3) is 10.9 Å². The number of halogens is 1. The molecule has 1 aliphatic heterocycles. The fourth-order valence-electron chi connectivity index (χ4n) is 4.05. The molecule has 0 spiro atoms. The van der Waals surface area contributed by atoms with Gasteiger partial charge in [-0.15, -0.1) is 0 Å². The largest absolute Gasteiger partial charge is 0.365 e. The van der Waals surface area contributed by atoms with E-state index in [1.807, 2.05) is 6.92 Å². The number of nitrogens with two attached hydrogens (primary N) is 1. The predicted octanol–water partition coefficient (Wildman–Crippen LogP) is 2.16. The average molecular weight is 390 g/mol. The number of allylic oxidation sites excluding steroid dienone is 1. The van der Waals surface area contributed by atoms with E-state index >= 15 is 4.39 Å². The Morgan fingerprint density at radius 2 is 2.04 bits per heavy atom. The van der Waals surface area contributed by atoms with Crippen molar-refractivity contribution in [1.29, 1.82) is 0 Å². The quantitative estimate of drug-likeness (QED) is 0.868. The van der Waals surface area contributed by atoms with Crippen LogP contribution in [-0.2, 0) is 15.3 Å². The molecule has 1 fully saturated rings. The third kappa shape index (κ3) is 2.70. The summed E-state index contributed by atoms with van der Waals surface area (Å²) in [6.07, 6.45) is 4.04. The summed E-state index contributed by atoms with van der Waals surface area (Å²) < 4.78 is 40.3. The first-order valence-corrected chi connectivity index (χ1v) is 10.4. The normalized spacial score (nSPS) is 22.7. The van der Waals surface area contributed by atoms with Crippen molar-refractivity contribution in [1.82, 2.24) is 4.57 Å². The van der Waals surface area contributed by atoms with Gasteiger partial charge in [0.05, 0.1) is 17.3 Å². The third-order valence-electron chi connectivity index (χ3n) is 5.75. The molecule has 0 saturated heterocycles. The number of rotatable bonds is 3. The number of benzene rings is 1. The Balaban J connectivity index is 2.07. The predicted molar refractivity (Wildman–Crippen MR) is 99.9 cm³/mol. The molecule has 1 aromatic carbocycles. The number of hydrogen-bond acceptors (Lipinski definition) is 4. The Kier molecular flexibility index (Phi) is 3.82. The van der Waals surface area contributed by atoms with Gasteiger partial charge < -0.3 is 5.73 Å². The molecule has 0 bridgehead atoms. The monoisotopic (exact) mass is 390 g/mol. The average Bonchev–Trinajstić information content (AvgIpc) is 2.92. The van der Waals surface area contributed by atoms with Crippen molar-refractivity contribution in [2.45, 2.75) is 37.6 Å². The summed E-state index contributed by atoms with van der Waals surface area (Å²) in [6.45, 7) is 1.97. The molecule has 0 radical (unpaired) electrons. The van der Waals surface area contributed by atoms with Gasteiger partial charge in [-0.3, -0.25) is 14.2 Å². The number of carbonyl (C=O) groups excluding carboxylic acids is 1. The first-order valence-electron chi connectivity index (χ1n) is 8.72. The smallest absolute Gasteiger partial charge is 0.264 e. The number of aromatic nitrogens is 1. The Labute approximate surface area is 155 Å². The van der Waals surface area contributed by atoms with Crippen LogP contribution in [0.2, 0.25) is 0 Å². The van der Waals surface area contributed by atoms with Crippen molar-refractivity contribution in [2.75, 3.05) is 5.75 Å². The molecular weight excluding hydrogens is 371 g/mol. The van der Waals surface area contributed by atoms with E-state index in [0.717, 1.165) is 29.2 Å². The molecule has 2 aromatic rings. The highest BCUT2D eigenvalue weighted by atomic mass is 32.2. The van der Waals surface area contributed by atoms with Crippen molar-refractivity contribution in [3.8, 4) is 0 Å². The molecule has 1 amide bonds. The highest BCUT2D eigenvalue weighted by Crippen LogP contribution is 2.45. The molecule has 4 rings (SSSR count). The fraction of sp³-hybridized carbons (Fsp3) is 0.368. The number of hydrogen-bond donors (Lipinski definition) is 1. The van der Waals surface area contributed by atoms with E-state index in [-0.39, 0.29) is 22.2 Å². The summed E-state index contributed by atoms with van der Waals surface area (Å²) in [6, 6.07) is 3.73. The van der Waals surface area contributed by atoms with Gasteiger partial charge in [-0.05, 0) is 36.0 Å². The molecular formula is C19H19FN2O4S. The summed E-state index contributed by atoms with van der Waals surface area (Å²) in [7, 11) is -3.49. The maximum Gasteiger partial charge on any atom is 0.264 e. The Morgan fingerprint density at radius 1 is 1.33 bits per heavy atom. The van der Waals surface area contributed by atoms with Crippen molar-refractivity contribution in [3.63, 3.8) is 0 Å². The van der Waals surface area contributed by atoms with Gasteiger partial charge in [0.1, 0.15) is 5.56 Å². The molecule has 1 aromatic heterocycles. The van der Waals surface area contributed by atoms with Gasteiger partial charge in [0.2, 0.25) is 0 Å². The van der Waals surface area contributed by atoms with Gasteiger partial charge in [0.25, 0.3) is 11.5 Å². The fourth-order valence-corrected chi connectivity index (χ4v) is 5.31. The highest BCUT2D eigenvalue weighted by Gasteiger charge is 2.37. The maximum atomic E-state index is 15.6. The van der Waals surface area contributed by atoms with Gasteiger partial charge in [0, 0.05) is 10.8 Å². The molecule has 142 valence electrons. The number of primary amides is 1. The van der Waals surface area contributed by atoms with E-state index < -0.39 is 33.2 Å². The minimum Gasteiger partial charge on any atom is -0.365 e. The standard InChI is InChI=1S/C19H19FN2O4S/c1-19(6-2-7-19)14-4-3-11-9-13(17(21)23)18(24)22(16(11)15(14)20)12-5-8-27(25,26)10-12/h3-5,8-9,12H,2,6-7,10H2,1H3,(H2,21,23). The zero-order chi connectivity index (χ0) is 19.6. The van der Waals surface area contributed by atoms with Crippen LogP contribution in [0.1, 0.15) is 48.1 Å². The molecule has 1 aliphatic carbocycles. The van der Waals surface area contributed by atoms with E-state index in [4.69, 9.17) is 5.73 Å². The highest BCUT2D eigenvalue weighted by molar-refractivity contribution is 7.94.